The van der Waals surface area contributed by atoms with Crippen LogP contribution in [0.25, 0.3) is 0 Å². The number of halogens is 1. The largest absolute Gasteiger partial charge is 0.352 e. The minimum absolute atomic E-state index is 0.0948. The normalized spacial score (nSPS) is 10.4. The standard InChI is InChI=1S/C19H18ClN5O2S/c1-12-7-8-15(14(20)9-12)22-18(27)23-19-25-24-17(28-19)10-16(26)21-11-13-5-3-2-4-6-13/h2-9H,10-11H2,1H3,(H,21,26)(H2,22,23,25,27). The summed E-state index contributed by atoms with van der Waals surface area (Å²) < 4.78 is 0. The summed E-state index contributed by atoms with van der Waals surface area (Å²) in [5.74, 6) is -0.164. The van der Waals surface area contributed by atoms with Crippen LogP contribution in [-0.4, -0.2) is 22.1 Å². The summed E-state index contributed by atoms with van der Waals surface area (Å²) >= 11 is 7.24. The van der Waals surface area contributed by atoms with E-state index in [1.807, 2.05) is 43.3 Å². The molecule has 0 aliphatic carbocycles. The summed E-state index contributed by atoms with van der Waals surface area (Å²) in [6, 6.07) is 14.5. The average Bonchev–Trinajstić information content (AvgIpc) is 3.10. The average molecular weight is 416 g/mol. The van der Waals surface area contributed by atoms with Crippen LogP contribution in [0.1, 0.15) is 16.1 Å². The minimum atomic E-state index is -0.484. The molecular formula is C19H18ClN5O2S. The summed E-state index contributed by atoms with van der Waals surface area (Å²) in [5.41, 5.74) is 2.51. The Kier molecular flexibility index (Phi) is 6.57. The number of benzene rings is 2. The van der Waals surface area contributed by atoms with E-state index >= 15 is 0 Å². The van der Waals surface area contributed by atoms with Gasteiger partial charge in [0, 0.05) is 6.54 Å². The van der Waals surface area contributed by atoms with Crippen LogP contribution in [0.4, 0.5) is 15.6 Å². The summed E-state index contributed by atoms with van der Waals surface area (Å²) in [5, 5.41) is 17.1. The molecule has 3 amide bonds. The molecule has 0 unspecified atom stereocenters. The van der Waals surface area contributed by atoms with Gasteiger partial charge in [0.2, 0.25) is 11.0 Å². The number of rotatable bonds is 6. The van der Waals surface area contributed by atoms with Gasteiger partial charge in [-0.1, -0.05) is 59.3 Å². The molecule has 0 aliphatic rings. The van der Waals surface area contributed by atoms with Crippen molar-refractivity contribution in [2.45, 2.75) is 19.9 Å². The summed E-state index contributed by atoms with van der Waals surface area (Å²) in [7, 11) is 0. The highest BCUT2D eigenvalue weighted by Crippen LogP contribution is 2.23. The number of nitrogens with one attached hydrogen (secondary N) is 3. The van der Waals surface area contributed by atoms with Crippen LogP contribution in [0, 0.1) is 6.92 Å². The first kappa shape index (κ1) is 19.8. The van der Waals surface area contributed by atoms with Gasteiger partial charge in [-0.3, -0.25) is 10.1 Å². The van der Waals surface area contributed by atoms with E-state index in [1.54, 1.807) is 12.1 Å². The van der Waals surface area contributed by atoms with E-state index < -0.39 is 6.03 Å². The topological polar surface area (TPSA) is 96.0 Å². The quantitative estimate of drug-likeness (QED) is 0.566. The molecular weight excluding hydrogens is 398 g/mol. The summed E-state index contributed by atoms with van der Waals surface area (Å²) in [4.78, 5) is 24.1. The Morgan fingerprint density at radius 2 is 1.86 bits per heavy atom. The lowest BCUT2D eigenvalue weighted by Crippen LogP contribution is -2.24. The first-order chi connectivity index (χ1) is 13.5. The molecule has 0 saturated carbocycles. The third-order valence-electron chi connectivity index (χ3n) is 3.70. The fourth-order valence-corrected chi connectivity index (χ4v) is 3.36. The van der Waals surface area contributed by atoms with E-state index in [0.717, 1.165) is 22.5 Å². The molecule has 7 nitrogen and oxygen atoms in total. The number of carbonyl (C=O) groups excluding carboxylic acids is 2. The van der Waals surface area contributed by atoms with E-state index in [-0.39, 0.29) is 12.3 Å². The Balaban J connectivity index is 1.49. The van der Waals surface area contributed by atoms with E-state index in [0.29, 0.717) is 27.4 Å². The molecule has 0 bridgehead atoms. The zero-order valence-corrected chi connectivity index (χ0v) is 16.6. The molecule has 3 rings (SSSR count). The third kappa shape index (κ3) is 5.77. The number of amides is 3. The van der Waals surface area contributed by atoms with Crippen LogP contribution in [-0.2, 0) is 17.8 Å². The Morgan fingerprint density at radius 1 is 1.07 bits per heavy atom. The number of aromatic nitrogens is 2. The van der Waals surface area contributed by atoms with Crippen LogP contribution in [0.5, 0.6) is 0 Å². The molecule has 1 aromatic heterocycles. The van der Waals surface area contributed by atoms with E-state index in [4.69, 9.17) is 11.6 Å². The molecule has 144 valence electrons. The summed E-state index contributed by atoms with van der Waals surface area (Å²) in [6.07, 6.45) is 0.0948. The Bertz CT molecular complexity index is 977. The Hall–Kier alpha value is -2.97. The van der Waals surface area contributed by atoms with Crippen LogP contribution in [0.2, 0.25) is 5.02 Å². The predicted octanol–water partition coefficient (Wildman–Crippen LogP) is 4.00. The van der Waals surface area contributed by atoms with Gasteiger partial charge in [-0.15, -0.1) is 10.2 Å². The Morgan fingerprint density at radius 3 is 2.61 bits per heavy atom. The van der Waals surface area contributed by atoms with Gasteiger partial charge < -0.3 is 10.6 Å². The van der Waals surface area contributed by atoms with Crippen LogP contribution in [0.15, 0.2) is 48.5 Å². The van der Waals surface area contributed by atoms with Gasteiger partial charge in [0.25, 0.3) is 0 Å². The van der Waals surface area contributed by atoms with E-state index in [9.17, 15) is 9.59 Å². The Labute approximate surface area is 171 Å². The van der Waals surface area contributed by atoms with Gasteiger partial charge in [-0.2, -0.15) is 0 Å². The molecule has 3 aromatic rings. The third-order valence-corrected chi connectivity index (χ3v) is 4.86. The highest BCUT2D eigenvalue weighted by molar-refractivity contribution is 7.15. The van der Waals surface area contributed by atoms with Gasteiger partial charge in [0.15, 0.2) is 0 Å². The van der Waals surface area contributed by atoms with Crippen molar-refractivity contribution >= 4 is 45.7 Å². The second kappa shape index (κ2) is 9.29. The predicted molar refractivity (Wildman–Crippen MR) is 111 cm³/mol. The first-order valence-electron chi connectivity index (χ1n) is 8.47. The van der Waals surface area contributed by atoms with Gasteiger partial charge in [-0.05, 0) is 30.2 Å². The van der Waals surface area contributed by atoms with Crippen molar-refractivity contribution in [3.63, 3.8) is 0 Å². The first-order valence-corrected chi connectivity index (χ1v) is 9.66. The molecule has 0 saturated heterocycles. The van der Waals surface area contributed by atoms with Gasteiger partial charge in [0.05, 0.1) is 17.1 Å². The fourth-order valence-electron chi connectivity index (χ4n) is 2.34. The lowest BCUT2D eigenvalue weighted by Gasteiger charge is -2.07. The second-order valence-corrected chi connectivity index (χ2v) is 7.47. The van der Waals surface area contributed by atoms with Crippen molar-refractivity contribution < 1.29 is 9.59 Å². The number of hydrogen-bond acceptors (Lipinski definition) is 5. The fraction of sp³-hybridized carbons (Fsp3) is 0.158. The molecule has 0 spiro atoms. The second-order valence-electron chi connectivity index (χ2n) is 6.00. The number of nitrogens with zero attached hydrogens (tertiary/aromatic N) is 2. The molecule has 9 heteroatoms. The zero-order valence-electron chi connectivity index (χ0n) is 15.0. The van der Waals surface area contributed by atoms with Crippen LogP contribution < -0.4 is 16.0 Å². The lowest BCUT2D eigenvalue weighted by molar-refractivity contribution is -0.120. The number of urea groups is 1. The highest BCUT2D eigenvalue weighted by Gasteiger charge is 2.12. The molecule has 2 aromatic carbocycles. The maximum atomic E-state index is 12.1. The smallest absolute Gasteiger partial charge is 0.325 e. The molecule has 1 heterocycles. The highest BCUT2D eigenvalue weighted by atomic mass is 35.5. The molecule has 0 radical (unpaired) electrons. The van der Waals surface area contributed by atoms with E-state index in [2.05, 4.69) is 26.1 Å². The van der Waals surface area contributed by atoms with Crippen molar-refractivity contribution in [1.29, 1.82) is 0 Å². The summed E-state index contributed by atoms with van der Waals surface area (Å²) in [6.45, 7) is 2.36. The van der Waals surface area contributed by atoms with Gasteiger partial charge in [0.1, 0.15) is 5.01 Å². The maximum Gasteiger partial charge on any atom is 0.325 e. The number of hydrogen-bond donors (Lipinski definition) is 3. The molecule has 3 N–H and O–H groups in total. The monoisotopic (exact) mass is 415 g/mol. The zero-order chi connectivity index (χ0) is 19.9. The van der Waals surface area contributed by atoms with Crippen molar-refractivity contribution in [1.82, 2.24) is 15.5 Å². The van der Waals surface area contributed by atoms with Crippen molar-refractivity contribution in [3.05, 3.63) is 69.7 Å². The van der Waals surface area contributed by atoms with Crippen molar-refractivity contribution in [2.75, 3.05) is 10.6 Å². The molecule has 0 atom stereocenters. The number of anilines is 2. The van der Waals surface area contributed by atoms with Crippen molar-refractivity contribution in [3.8, 4) is 0 Å². The van der Waals surface area contributed by atoms with Crippen LogP contribution >= 0.6 is 22.9 Å². The van der Waals surface area contributed by atoms with Gasteiger partial charge >= 0.3 is 6.03 Å². The van der Waals surface area contributed by atoms with Crippen molar-refractivity contribution in [2.24, 2.45) is 0 Å². The SMILES string of the molecule is Cc1ccc(NC(=O)Nc2nnc(CC(=O)NCc3ccccc3)s2)c(Cl)c1. The number of carbonyl (C=O) groups is 2. The lowest BCUT2D eigenvalue weighted by atomic mass is 10.2. The maximum absolute atomic E-state index is 12.1. The van der Waals surface area contributed by atoms with Gasteiger partial charge in [-0.25, -0.2) is 4.79 Å². The van der Waals surface area contributed by atoms with Crippen LogP contribution in [0.3, 0.4) is 0 Å². The minimum Gasteiger partial charge on any atom is -0.352 e. The molecule has 0 aliphatic heterocycles. The molecule has 28 heavy (non-hydrogen) atoms. The van der Waals surface area contributed by atoms with E-state index in [1.165, 1.54) is 0 Å². The molecule has 0 fully saturated rings. The number of aryl methyl sites for hydroxylation is 1.